The van der Waals surface area contributed by atoms with Crippen molar-refractivity contribution in [2.24, 2.45) is 4.99 Å². The van der Waals surface area contributed by atoms with Gasteiger partial charge in [-0.3, -0.25) is 9.69 Å². The highest BCUT2D eigenvalue weighted by atomic mass is 32.2. The molecule has 168 valence electrons. The number of carbonyl (C=O) groups is 1. The SMILES string of the molecule is CCN1C(=O)/C(=C2/Sc3ccc(OC)cc3N2CC)SC1=Nc1cccc(C(F)(F)F)c1. The maximum Gasteiger partial charge on any atom is 0.416 e. The highest BCUT2D eigenvalue weighted by molar-refractivity contribution is 8.19. The Hall–Kier alpha value is -2.59. The fourth-order valence-corrected chi connectivity index (χ4v) is 5.87. The van der Waals surface area contributed by atoms with E-state index in [0.29, 0.717) is 23.2 Å². The van der Waals surface area contributed by atoms with Crippen LogP contribution in [0.5, 0.6) is 5.75 Å². The molecule has 2 heterocycles. The van der Waals surface area contributed by atoms with Crippen LogP contribution in [0.25, 0.3) is 0 Å². The van der Waals surface area contributed by atoms with Crippen LogP contribution < -0.4 is 9.64 Å². The number of carbonyl (C=O) groups excluding carboxylic acids is 1. The molecule has 0 radical (unpaired) electrons. The summed E-state index contributed by atoms with van der Waals surface area (Å²) in [6, 6.07) is 10.6. The zero-order valence-electron chi connectivity index (χ0n) is 17.6. The van der Waals surface area contributed by atoms with E-state index in [4.69, 9.17) is 4.74 Å². The number of amidine groups is 1. The first-order chi connectivity index (χ1) is 15.3. The van der Waals surface area contributed by atoms with E-state index < -0.39 is 11.7 Å². The summed E-state index contributed by atoms with van der Waals surface area (Å²) in [5.41, 5.74) is 0.335. The second-order valence-electron chi connectivity index (χ2n) is 6.91. The number of thioether (sulfide) groups is 2. The summed E-state index contributed by atoms with van der Waals surface area (Å²) >= 11 is 2.68. The van der Waals surface area contributed by atoms with Crippen LogP contribution >= 0.6 is 23.5 Å². The Bertz CT molecular complexity index is 1130. The smallest absolute Gasteiger partial charge is 0.416 e. The topological polar surface area (TPSA) is 45.1 Å². The summed E-state index contributed by atoms with van der Waals surface area (Å²) < 4.78 is 44.6. The molecule has 1 amide bonds. The molecular weight excluding hydrogens is 459 g/mol. The zero-order valence-corrected chi connectivity index (χ0v) is 19.2. The van der Waals surface area contributed by atoms with E-state index in [1.54, 1.807) is 7.11 Å². The number of aliphatic imine (C=N–C) groups is 1. The largest absolute Gasteiger partial charge is 0.497 e. The standard InChI is InChI=1S/C22H20F3N3O2S2/c1-4-27-16-12-15(30-3)9-10-17(16)31-20(27)18-19(29)28(5-2)21(32-18)26-14-8-6-7-13(11-14)22(23,24)25/h6-12H,4-5H2,1-3H3/b20-18-,26-21?. The van der Waals surface area contributed by atoms with Crippen LogP contribution in [0.3, 0.4) is 0 Å². The fourth-order valence-electron chi connectivity index (χ4n) is 3.43. The van der Waals surface area contributed by atoms with Gasteiger partial charge in [0.15, 0.2) is 5.17 Å². The van der Waals surface area contributed by atoms with Gasteiger partial charge in [-0.15, -0.1) is 0 Å². The van der Waals surface area contributed by atoms with Gasteiger partial charge in [-0.05, 0) is 55.9 Å². The molecule has 1 saturated heterocycles. The summed E-state index contributed by atoms with van der Waals surface area (Å²) in [5, 5.41) is 1.16. The van der Waals surface area contributed by atoms with Crippen molar-refractivity contribution in [1.29, 1.82) is 0 Å². The van der Waals surface area contributed by atoms with Gasteiger partial charge in [0.05, 0.1) is 24.0 Å². The minimum Gasteiger partial charge on any atom is -0.497 e. The number of alkyl halides is 3. The number of halogens is 3. The summed E-state index contributed by atoms with van der Waals surface area (Å²) in [6.07, 6.45) is -4.46. The molecule has 2 aliphatic rings. The average molecular weight is 480 g/mol. The molecule has 32 heavy (non-hydrogen) atoms. The zero-order chi connectivity index (χ0) is 23.0. The molecule has 0 aliphatic carbocycles. The predicted octanol–water partition coefficient (Wildman–Crippen LogP) is 6.10. The highest BCUT2D eigenvalue weighted by Gasteiger charge is 2.39. The molecule has 10 heteroatoms. The molecule has 0 atom stereocenters. The van der Waals surface area contributed by atoms with Crippen LogP contribution in [0.1, 0.15) is 19.4 Å². The Balaban J connectivity index is 1.73. The number of ether oxygens (including phenoxy) is 1. The Kier molecular flexibility index (Phi) is 6.17. The van der Waals surface area contributed by atoms with Gasteiger partial charge in [0.25, 0.3) is 5.91 Å². The second-order valence-corrected chi connectivity index (χ2v) is 8.92. The van der Waals surface area contributed by atoms with Crippen molar-refractivity contribution in [3.8, 4) is 5.75 Å². The molecule has 2 aliphatic heterocycles. The number of likely N-dealkylation sites (N-methyl/N-ethyl adjacent to an activating group) is 1. The van der Waals surface area contributed by atoms with Crippen LogP contribution in [0.15, 0.2) is 62.3 Å². The number of methoxy groups -OCH3 is 1. The van der Waals surface area contributed by atoms with Gasteiger partial charge in [0.2, 0.25) is 0 Å². The van der Waals surface area contributed by atoms with E-state index in [0.717, 1.165) is 33.5 Å². The van der Waals surface area contributed by atoms with Crippen LogP contribution in [0, 0.1) is 0 Å². The minimum atomic E-state index is -4.46. The van der Waals surface area contributed by atoms with Gasteiger partial charge < -0.3 is 9.64 Å². The summed E-state index contributed by atoms with van der Waals surface area (Å²) in [5.74, 6) is 0.519. The molecule has 0 saturated carbocycles. The van der Waals surface area contributed by atoms with E-state index in [9.17, 15) is 18.0 Å². The molecule has 0 unspecified atom stereocenters. The monoisotopic (exact) mass is 479 g/mol. The quantitative estimate of drug-likeness (QED) is 0.496. The maximum atomic E-state index is 13.2. The van der Waals surface area contributed by atoms with Crippen molar-refractivity contribution in [3.05, 3.63) is 58.0 Å². The molecule has 4 rings (SSSR count). The number of hydrogen-bond acceptors (Lipinski definition) is 6. The van der Waals surface area contributed by atoms with Gasteiger partial charge in [-0.1, -0.05) is 17.8 Å². The fraction of sp³-hybridized carbons (Fsp3) is 0.273. The third-order valence-corrected chi connectivity index (χ3v) is 7.38. The maximum absolute atomic E-state index is 13.2. The molecular formula is C22H20F3N3O2S2. The van der Waals surface area contributed by atoms with Crippen molar-refractivity contribution in [3.63, 3.8) is 0 Å². The van der Waals surface area contributed by atoms with Gasteiger partial charge in [0.1, 0.15) is 15.7 Å². The van der Waals surface area contributed by atoms with E-state index in [2.05, 4.69) is 4.99 Å². The van der Waals surface area contributed by atoms with Gasteiger partial charge in [-0.25, -0.2) is 4.99 Å². The predicted molar refractivity (Wildman–Crippen MR) is 122 cm³/mol. The molecule has 1 fully saturated rings. The number of fused-ring (bicyclic) bond motifs is 1. The van der Waals surface area contributed by atoms with E-state index in [-0.39, 0.29) is 11.6 Å². The van der Waals surface area contributed by atoms with Gasteiger partial charge in [0, 0.05) is 24.1 Å². The van der Waals surface area contributed by atoms with Crippen LogP contribution in [0.2, 0.25) is 0 Å². The van der Waals surface area contributed by atoms with Crippen molar-refractivity contribution in [2.75, 3.05) is 25.1 Å². The van der Waals surface area contributed by atoms with Gasteiger partial charge in [-0.2, -0.15) is 13.2 Å². The average Bonchev–Trinajstić information content (AvgIpc) is 3.29. The minimum absolute atomic E-state index is 0.152. The highest BCUT2D eigenvalue weighted by Crippen LogP contribution is 2.51. The molecule has 5 nitrogen and oxygen atoms in total. The Morgan fingerprint density at radius 3 is 2.44 bits per heavy atom. The third kappa shape index (κ3) is 4.09. The Labute approximate surface area is 192 Å². The first-order valence-electron chi connectivity index (χ1n) is 9.90. The second kappa shape index (κ2) is 8.74. The molecule has 2 aromatic carbocycles. The number of nitrogens with zero attached hydrogens (tertiary/aromatic N) is 3. The molecule has 0 spiro atoms. The normalized spacial score (nSPS) is 19.8. The number of rotatable bonds is 4. The van der Waals surface area contributed by atoms with Crippen molar-refractivity contribution in [2.45, 2.75) is 24.9 Å². The first kappa shape index (κ1) is 22.6. The van der Waals surface area contributed by atoms with Crippen molar-refractivity contribution < 1.29 is 22.7 Å². The Morgan fingerprint density at radius 2 is 1.78 bits per heavy atom. The summed E-state index contributed by atoms with van der Waals surface area (Å²) in [6.45, 7) is 4.81. The molecule has 2 aromatic rings. The van der Waals surface area contributed by atoms with Crippen LogP contribution in [-0.4, -0.2) is 36.2 Å². The van der Waals surface area contributed by atoms with Crippen LogP contribution in [-0.2, 0) is 11.0 Å². The van der Waals surface area contributed by atoms with Crippen molar-refractivity contribution in [1.82, 2.24) is 4.90 Å². The molecule has 0 aromatic heterocycles. The van der Waals surface area contributed by atoms with E-state index in [1.165, 1.54) is 40.6 Å². The lowest BCUT2D eigenvalue weighted by atomic mass is 10.2. The number of amides is 1. The Morgan fingerprint density at radius 1 is 1.03 bits per heavy atom. The van der Waals surface area contributed by atoms with Crippen molar-refractivity contribution >= 4 is 46.0 Å². The lowest BCUT2D eigenvalue weighted by molar-refractivity contribution is -0.137. The van der Waals surface area contributed by atoms with E-state index >= 15 is 0 Å². The number of hydrogen-bond donors (Lipinski definition) is 0. The number of anilines is 1. The lowest BCUT2D eigenvalue weighted by Gasteiger charge is -2.19. The third-order valence-electron chi connectivity index (χ3n) is 5.00. The summed E-state index contributed by atoms with van der Waals surface area (Å²) in [7, 11) is 1.60. The van der Waals surface area contributed by atoms with E-state index in [1.807, 2.05) is 36.9 Å². The lowest BCUT2D eigenvalue weighted by Crippen LogP contribution is -2.29. The first-order valence-corrected chi connectivity index (χ1v) is 11.5. The molecule has 0 N–H and O–H groups in total. The van der Waals surface area contributed by atoms with Gasteiger partial charge >= 0.3 is 6.18 Å². The van der Waals surface area contributed by atoms with Crippen LogP contribution in [0.4, 0.5) is 24.5 Å². The summed E-state index contributed by atoms with van der Waals surface area (Å²) in [4.78, 5) is 22.7. The molecule has 0 bridgehead atoms. The number of benzene rings is 2.